The van der Waals surface area contributed by atoms with Gasteiger partial charge in [-0.25, -0.2) is 9.67 Å². The van der Waals surface area contributed by atoms with Crippen molar-refractivity contribution in [3.8, 4) is 23.0 Å². The zero-order chi connectivity index (χ0) is 34.6. The first-order chi connectivity index (χ1) is 23.5. The van der Waals surface area contributed by atoms with Crippen molar-refractivity contribution in [1.29, 1.82) is 0 Å². The second-order valence-corrected chi connectivity index (χ2v) is 15.1. The van der Waals surface area contributed by atoms with Crippen LogP contribution in [-0.2, 0) is 0 Å². The van der Waals surface area contributed by atoms with E-state index >= 15 is 0 Å². The topological polar surface area (TPSA) is 44.9 Å². The zero-order valence-electron chi connectivity index (χ0n) is 30.6. The van der Waals surface area contributed by atoms with Crippen LogP contribution in [0.4, 0.5) is 0 Å². The Morgan fingerprint density at radius 3 is 2.24 bits per heavy atom. The molecule has 0 radical (unpaired) electrons. The van der Waals surface area contributed by atoms with Gasteiger partial charge < -0.3 is 4.74 Å². The molecule has 5 nitrogen and oxygen atoms in total. The van der Waals surface area contributed by atoms with Crippen molar-refractivity contribution < 1.29 is 4.74 Å². The summed E-state index contributed by atoms with van der Waals surface area (Å²) in [6, 6.07) is 26.0. The van der Waals surface area contributed by atoms with Gasteiger partial charge in [-0.15, -0.1) is 0 Å². The van der Waals surface area contributed by atoms with Crippen molar-refractivity contribution >= 4 is 21.8 Å². The average Bonchev–Trinajstić information content (AvgIpc) is 3.59. The maximum absolute atomic E-state index is 6.79. The summed E-state index contributed by atoms with van der Waals surface area (Å²) in [5, 5.41) is 7.63. The smallest absolute Gasteiger partial charge is 0.137 e. The second kappa shape index (κ2) is 13.0. The summed E-state index contributed by atoms with van der Waals surface area (Å²) in [6.45, 7) is 20.4. The van der Waals surface area contributed by atoms with Crippen molar-refractivity contribution in [2.75, 3.05) is 0 Å². The van der Waals surface area contributed by atoms with Crippen molar-refractivity contribution in [2.24, 2.45) is 5.92 Å². The Bertz CT molecular complexity index is 2190. The molecule has 3 aromatic carbocycles. The number of aryl methyl sites for hydroxylation is 1. The summed E-state index contributed by atoms with van der Waals surface area (Å²) in [6.07, 6.45) is 6.74. The lowest BCUT2D eigenvalue weighted by Crippen LogP contribution is -2.18. The van der Waals surface area contributed by atoms with E-state index < -0.39 is 0 Å². The molecule has 2 atom stereocenters. The van der Waals surface area contributed by atoms with Gasteiger partial charge in [0.15, 0.2) is 0 Å². The Morgan fingerprint density at radius 2 is 1.51 bits per heavy atom. The minimum absolute atomic E-state index is 0.317. The Labute approximate surface area is 291 Å². The summed E-state index contributed by atoms with van der Waals surface area (Å²) in [5.41, 5.74) is 11.1. The van der Waals surface area contributed by atoms with E-state index in [2.05, 4.69) is 150 Å². The zero-order valence-corrected chi connectivity index (χ0v) is 30.6. The number of aromatic nitrogens is 4. The Morgan fingerprint density at radius 1 is 0.755 bits per heavy atom. The van der Waals surface area contributed by atoms with Gasteiger partial charge in [0, 0.05) is 40.6 Å². The first kappa shape index (κ1) is 32.9. The molecule has 3 aromatic heterocycles. The van der Waals surface area contributed by atoms with Crippen LogP contribution in [0.15, 0.2) is 90.6 Å². The van der Waals surface area contributed by atoms with E-state index in [4.69, 9.17) is 14.8 Å². The number of hydrogen-bond acceptors (Lipinski definition) is 3. The van der Waals surface area contributed by atoms with Crippen LogP contribution >= 0.6 is 0 Å². The van der Waals surface area contributed by atoms with Crippen molar-refractivity contribution in [2.45, 2.75) is 98.8 Å². The number of pyridine rings is 1. The summed E-state index contributed by atoms with van der Waals surface area (Å²) in [7, 11) is 0. The molecule has 1 aliphatic rings. The SMILES string of the molecule is CC1=CCC[C@H](C)C1c1c(C)nn(-c2cc(Oc3ccc4c5ccccc5n(-c5cc(C(C)C)ccn5)c4c3)cc(C(C)C)c2)c1C(C)C. The first-order valence-electron chi connectivity index (χ1n) is 18.1. The van der Waals surface area contributed by atoms with E-state index in [1.165, 1.54) is 45.2 Å². The van der Waals surface area contributed by atoms with Crippen LogP contribution in [0.3, 0.4) is 0 Å². The fourth-order valence-electron chi connectivity index (χ4n) is 7.96. The Hall–Kier alpha value is -4.64. The van der Waals surface area contributed by atoms with Crippen LogP contribution in [0.5, 0.6) is 11.5 Å². The van der Waals surface area contributed by atoms with Gasteiger partial charge in [0.25, 0.3) is 0 Å². The van der Waals surface area contributed by atoms with Gasteiger partial charge in [0.2, 0.25) is 0 Å². The number of hydrogen-bond donors (Lipinski definition) is 0. The number of fused-ring (bicyclic) bond motifs is 3. The molecule has 0 fully saturated rings. The van der Waals surface area contributed by atoms with E-state index in [1.54, 1.807) is 0 Å². The molecule has 6 aromatic rings. The van der Waals surface area contributed by atoms with Crippen LogP contribution in [0.1, 0.15) is 120 Å². The molecule has 0 saturated heterocycles. The fourth-order valence-corrected chi connectivity index (χ4v) is 7.96. The predicted octanol–water partition coefficient (Wildman–Crippen LogP) is 12.3. The largest absolute Gasteiger partial charge is 0.457 e. The molecule has 3 heterocycles. The van der Waals surface area contributed by atoms with E-state index in [0.717, 1.165) is 46.2 Å². The monoisotopic (exact) mass is 650 g/mol. The van der Waals surface area contributed by atoms with Crippen molar-refractivity contribution in [3.63, 3.8) is 0 Å². The molecule has 0 aliphatic heterocycles. The molecule has 0 saturated carbocycles. The first-order valence-corrected chi connectivity index (χ1v) is 18.1. The number of allylic oxidation sites excluding steroid dienone is 2. The minimum Gasteiger partial charge on any atom is -0.457 e. The highest BCUT2D eigenvalue weighted by molar-refractivity contribution is 6.09. The third-order valence-electron chi connectivity index (χ3n) is 10.5. The lowest BCUT2D eigenvalue weighted by Gasteiger charge is -2.30. The summed E-state index contributed by atoms with van der Waals surface area (Å²) in [4.78, 5) is 4.84. The highest BCUT2D eigenvalue weighted by Crippen LogP contribution is 2.44. The van der Waals surface area contributed by atoms with Gasteiger partial charge >= 0.3 is 0 Å². The number of nitrogens with zero attached hydrogens (tertiary/aromatic N) is 4. The predicted molar refractivity (Wildman–Crippen MR) is 204 cm³/mol. The normalized spacial score (nSPS) is 16.8. The second-order valence-electron chi connectivity index (χ2n) is 15.1. The van der Waals surface area contributed by atoms with Crippen LogP contribution in [0.25, 0.3) is 33.3 Å². The molecule has 252 valence electrons. The van der Waals surface area contributed by atoms with E-state index in [0.29, 0.717) is 29.6 Å². The maximum Gasteiger partial charge on any atom is 0.137 e. The lowest BCUT2D eigenvalue weighted by atomic mass is 9.74. The molecule has 5 heteroatoms. The molecule has 0 amide bonds. The summed E-state index contributed by atoms with van der Waals surface area (Å²) < 4.78 is 11.3. The van der Waals surface area contributed by atoms with E-state index in [1.807, 2.05) is 6.20 Å². The van der Waals surface area contributed by atoms with Gasteiger partial charge in [-0.3, -0.25) is 4.57 Å². The van der Waals surface area contributed by atoms with Crippen molar-refractivity contribution in [3.05, 3.63) is 119 Å². The summed E-state index contributed by atoms with van der Waals surface area (Å²) >= 11 is 0. The van der Waals surface area contributed by atoms with Crippen molar-refractivity contribution in [1.82, 2.24) is 19.3 Å². The van der Waals surface area contributed by atoms with Crippen LogP contribution in [-0.4, -0.2) is 19.3 Å². The summed E-state index contributed by atoms with van der Waals surface area (Å²) in [5.74, 6) is 4.57. The number of rotatable bonds is 8. The number of para-hydroxylation sites is 1. The third-order valence-corrected chi connectivity index (χ3v) is 10.5. The van der Waals surface area contributed by atoms with Crippen LogP contribution in [0, 0.1) is 12.8 Å². The molecular formula is C44H50N4O. The standard InChI is InChI=1S/C44H50N4O/c1-26(2)32-19-20-45-41(23-32)47-39-16-11-10-15-37(39)38-18-17-35(25-40(38)47)49-36-22-33(27(3)4)21-34(24-36)48-44(28(5)6)43(31(9)46-48)42-29(7)13-12-14-30(42)8/h10-11,13,15-28,30,42H,12,14H2,1-9H3/t30-,42?/m0/s1. The molecule has 0 bridgehead atoms. The van der Waals surface area contributed by atoms with Gasteiger partial charge in [0.05, 0.1) is 28.1 Å². The maximum atomic E-state index is 6.79. The highest BCUT2D eigenvalue weighted by Gasteiger charge is 2.32. The average molecular weight is 651 g/mol. The molecule has 1 aliphatic carbocycles. The van der Waals surface area contributed by atoms with Crippen LogP contribution in [0.2, 0.25) is 0 Å². The number of ether oxygens (including phenoxy) is 1. The lowest BCUT2D eigenvalue weighted by molar-refractivity contribution is 0.445. The molecule has 7 rings (SSSR count). The molecule has 1 unspecified atom stereocenters. The Kier molecular flexibility index (Phi) is 8.73. The van der Waals surface area contributed by atoms with Gasteiger partial charge in [-0.1, -0.05) is 78.3 Å². The third kappa shape index (κ3) is 5.98. The highest BCUT2D eigenvalue weighted by atomic mass is 16.5. The molecule has 0 spiro atoms. The fraction of sp³-hybridized carbons (Fsp3) is 0.364. The quantitative estimate of drug-likeness (QED) is 0.154. The van der Waals surface area contributed by atoms with E-state index in [-0.39, 0.29) is 0 Å². The molecule has 49 heavy (non-hydrogen) atoms. The molecule has 0 N–H and O–H groups in total. The minimum atomic E-state index is 0.317. The number of benzene rings is 3. The van der Waals surface area contributed by atoms with Gasteiger partial charge in [-0.2, -0.15) is 5.10 Å². The van der Waals surface area contributed by atoms with Gasteiger partial charge in [0.1, 0.15) is 17.3 Å². The molecular weight excluding hydrogens is 601 g/mol. The van der Waals surface area contributed by atoms with Crippen LogP contribution < -0.4 is 4.74 Å². The van der Waals surface area contributed by atoms with Gasteiger partial charge in [-0.05, 0) is 104 Å². The van der Waals surface area contributed by atoms with E-state index in [9.17, 15) is 0 Å². The Balaban J connectivity index is 1.35.